The molecule has 17 heavy (non-hydrogen) atoms. The third kappa shape index (κ3) is 3.48. The van der Waals surface area contributed by atoms with E-state index < -0.39 is 0 Å². The smallest absolute Gasteiger partial charge is 0.355 e. The fourth-order valence-electron chi connectivity index (χ4n) is 1.86. The Hall–Kier alpha value is -1.51. The van der Waals surface area contributed by atoms with Gasteiger partial charge in [0.05, 0.1) is 6.61 Å². The summed E-state index contributed by atoms with van der Waals surface area (Å²) in [6.07, 6.45) is 7.22. The van der Waals surface area contributed by atoms with Gasteiger partial charge in [0, 0.05) is 6.20 Å². The lowest BCUT2D eigenvalue weighted by Gasteiger charge is -2.05. The van der Waals surface area contributed by atoms with Gasteiger partial charge >= 0.3 is 5.97 Å². The highest BCUT2D eigenvalue weighted by atomic mass is 16.5. The molecule has 3 heteroatoms. The predicted octanol–water partition coefficient (Wildman–Crippen LogP) is 3.26. The van der Waals surface area contributed by atoms with Crippen LogP contribution in [-0.2, 0) is 17.6 Å². The maximum atomic E-state index is 11.8. The van der Waals surface area contributed by atoms with Gasteiger partial charge in [0.25, 0.3) is 0 Å². The molecule has 1 heterocycles. The predicted molar refractivity (Wildman–Crippen MR) is 69.3 cm³/mol. The van der Waals surface area contributed by atoms with Crippen molar-refractivity contribution in [3.05, 3.63) is 35.7 Å². The summed E-state index contributed by atoms with van der Waals surface area (Å²) < 4.78 is 5.21. The SMILES string of the molecule is C=CCCCOC(=O)c1[nH]cc(CC)c1CC. The first kappa shape index (κ1) is 13.6. The van der Waals surface area contributed by atoms with Crippen LogP contribution < -0.4 is 0 Å². The molecule has 0 radical (unpaired) electrons. The van der Waals surface area contributed by atoms with E-state index in [2.05, 4.69) is 25.4 Å². The van der Waals surface area contributed by atoms with Gasteiger partial charge in [0.2, 0.25) is 0 Å². The van der Waals surface area contributed by atoms with Gasteiger partial charge in [0.1, 0.15) is 5.69 Å². The lowest BCUT2D eigenvalue weighted by Crippen LogP contribution is -2.09. The molecule has 0 aliphatic carbocycles. The highest BCUT2D eigenvalue weighted by Gasteiger charge is 2.16. The first-order valence-electron chi connectivity index (χ1n) is 6.21. The van der Waals surface area contributed by atoms with Gasteiger partial charge < -0.3 is 9.72 Å². The van der Waals surface area contributed by atoms with Gasteiger partial charge in [-0.3, -0.25) is 0 Å². The average molecular weight is 235 g/mol. The largest absolute Gasteiger partial charge is 0.461 e. The Morgan fingerprint density at radius 3 is 2.82 bits per heavy atom. The Bertz CT molecular complexity index is 380. The van der Waals surface area contributed by atoms with Crippen LogP contribution >= 0.6 is 0 Å². The van der Waals surface area contributed by atoms with Gasteiger partial charge in [-0.25, -0.2) is 4.79 Å². The van der Waals surface area contributed by atoms with Gasteiger partial charge in [-0.15, -0.1) is 6.58 Å². The van der Waals surface area contributed by atoms with Crippen molar-refractivity contribution in [1.29, 1.82) is 0 Å². The van der Waals surface area contributed by atoms with E-state index in [4.69, 9.17) is 4.74 Å². The molecular weight excluding hydrogens is 214 g/mol. The lowest BCUT2D eigenvalue weighted by atomic mass is 10.1. The lowest BCUT2D eigenvalue weighted by molar-refractivity contribution is 0.0494. The molecule has 94 valence electrons. The topological polar surface area (TPSA) is 42.1 Å². The normalized spacial score (nSPS) is 10.2. The van der Waals surface area contributed by atoms with Crippen LogP contribution in [0.4, 0.5) is 0 Å². The number of carbonyl (C=O) groups excluding carboxylic acids is 1. The van der Waals surface area contributed by atoms with E-state index in [1.165, 1.54) is 5.56 Å². The van der Waals surface area contributed by atoms with Crippen molar-refractivity contribution in [2.24, 2.45) is 0 Å². The second kappa shape index (κ2) is 6.94. The molecule has 3 nitrogen and oxygen atoms in total. The molecule has 0 unspecified atom stereocenters. The fourth-order valence-corrected chi connectivity index (χ4v) is 1.86. The highest BCUT2D eigenvalue weighted by molar-refractivity contribution is 5.89. The number of rotatable bonds is 7. The number of allylic oxidation sites excluding steroid dienone is 1. The Morgan fingerprint density at radius 2 is 2.24 bits per heavy atom. The standard InChI is InChI=1S/C14H21NO2/c1-4-7-8-9-17-14(16)13-12(6-3)11(5-2)10-15-13/h4,10,15H,1,5-9H2,2-3H3. The molecule has 1 N–H and O–H groups in total. The third-order valence-electron chi connectivity index (χ3n) is 2.80. The molecule has 1 aromatic rings. The summed E-state index contributed by atoms with van der Waals surface area (Å²) in [5.41, 5.74) is 2.90. The van der Waals surface area contributed by atoms with E-state index in [-0.39, 0.29) is 5.97 Å². The zero-order valence-corrected chi connectivity index (χ0v) is 10.7. The number of hydrogen-bond donors (Lipinski definition) is 1. The summed E-state index contributed by atoms with van der Waals surface area (Å²) in [4.78, 5) is 14.9. The maximum Gasteiger partial charge on any atom is 0.355 e. The van der Waals surface area contributed by atoms with Gasteiger partial charge in [0.15, 0.2) is 0 Å². The van der Waals surface area contributed by atoms with E-state index in [9.17, 15) is 4.79 Å². The summed E-state index contributed by atoms with van der Waals surface area (Å²) in [6, 6.07) is 0. The number of esters is 1. The summed E-state index contributed by atoms with van der Waals surface area (Å²) >= 11 is 0. The summed E-state index contributed by atoms with van der Waals surface area (Å²) in [5.74, 6) is -0.245. The molecule has 0 saturated carbocycles. The number of hydrogen-bond acceptors (Lipinski definition) is 2. The van der Waals surface area contributed by atoms with Crippen LogP contribution in [0.15, 0.2) is 18.9 Å². The number of aryl methyl sites for hydroxylation is 1. The number of aromatic nitrogens is 1. The Balaban J connectivity index is 2.62. The molecule has 0 bridgehead atoms. The number of carbonyl (C=O) groups is 1. The average Bonchev–Trinajstić information content (AvgIpc) is 2.77. The molecule has 1 rings (SSSR count). The van der Waals surface area contributed by atoms with Crippen molar-refractivity contribution in [2.45, 2.75) is 39.5 Å². The van der Waals surface area contributed by atoms with Crippen molar-refractivity contribution in [3.8, 4) is 0 Å². The second-order valence-electron chi connectivity index (χ2n) is 3.94. The summed E-state index contributed by atoms with van der Waals surface area (Å²) in [5, 5.41) is 0. The maximum absolute atomic E-state index is 11.8. The summed E-state index contributed by atoms with van der Waals surface area (Å²) in [7, 11) is 0. The molecule has 1 aromatic heterocycles. The third-order valence-corrected chi connectivity index (χ3v) is 2.80. The highest BCUT2D eigenvalue weighted by Crippen LogP contribution is 2.16. The fraction of sp³-hybridized carbons (Fsp3) is 0.500. The number of ether oxygens (including phenoxy) is 1. The van der Waals surface area contributed by atoms with Crippen LogP contribution in [0.1, 0.15) is 48.3 Å². The Morgan fingerprint density at radius 1 is 1.47 bits per heavy atom. The number of unbranched alkanes of at least 4 members (excludes halogenated alkanes) is 1. The first-order chi connectivity index (χ1) is 8.24. The van der Waals surface area contributed by atoms with E-state index in [0.29, 0.717) is 12.3 Å². The van der Waals surface area contributed by atoms with Crippen molar-refractivity contribution in [2.75, 3.05) is 6.61 Å². The molecule has 0 aromatic carbocycles. The molecule has 0 amide bonds. The van der Waals surface area contributed by atoms with Crippen molar-refractivity contribution >= 4 is 5.97 Å². The van der Waals surface area contributed by atoms with Gasteiger partial charge in [-0.05, 0) is 36.8 Å². The number of H-pyrrole nitrogens is 1. The van der Waals surface area contributed by atoms with Crippen LogP contribution in [0.5, 0.6) is 0 Å². The second-order valence-corrected chi connectivity index (χ2v) is 3.94. The van der Waals surface area contributed by atoms with E-state index >= 15 is 0 Å². The van der Waals surface area contributed by atoms with E-state index in [0.717, 1.165) is 31.2 Å². The van der Waals surface area contributed by atoms with Crippen LogP contribution in [0.3, 0.4) is 0 Å². The van der Waals surface area contributed by atoms with Crippen LogP contribution in [0.2, 0.25) is 0 Å². The van der Waals surface area contributed by atoms with Gasteiger partial charge in [-0.1, -0.05) is 19.9 Å². The molecule has 0 saturated heterocycles. The zero-order valence-electron chi connectivity index (χ0n) is 10.7. The number of aromatic amines is 1. The minimum atomic E-state index is -0.245. The molecule has 0 aliphatic heterocycles. The van der Waals surface area contributed by atoms with E-state index in [1.54, 1.807) is 0 Å². The monoisotopic (exact) mass is 235 g/mol. The zero-order chi connectivity index (χ0) is 12.7. The van der Waals surface area contributed by atoms with Gasteiger partial charge in [-0.2, -0.15) is 0 Å². The van der Waals surface area contributed by atoms with Crippen molar-refractivity contribution in [3.63, 3.8) is 0 Å². The molecule has 0 spiro atoms. The van der Waals surface area contributed by atoms with Crippen LogP contribution in [0, 0.1) is 0 Å². The van der Waals surface area contributed by atoms with Crippen LogP contribution in [-0.4, -0.2) is 17.6 Å². The molecule has 0 aliphatic rings. The first-order valence-corrected chi connectivity index (χ1v) is 6.21. The van der Waals surface area contributed by atoms with E-state index in [1.807, 2.05) is 12.3 Å². The molecule has 0 fully saturated rings. The summed E-state index contributed by atoms with van der Waals surface area (Å²) in [6.45, 7) is 8.22. The van der Waals surface area contributed by atoms with Crippen LogP contribution in [0.25, 0.3) is 0 Å². The Labute approximate surface area is 103 Å². The van der Waals surface area contributed by atoms with Crippen molar-refractivity contribution in [1.82, 2.24) is 4.98 Å². The van der Waals surface area contributed by atoms with Crippen molar-refractivity contribution < 1.29 is 9.53 Å². The molecular formula is C14H21NO2. The quantitative estimate of drug-likeness (QED) is 0.448. The number of nitrogens with one attached hydrogen (secondary N) is 1. The minimum absolute atomic E-state index is 0.245. The Kier molecular flexibility index (Phi) is 5.53. The molecule has 0 atom stereocenters. The minimum Gasteiger partial charge on any atom is -0.461 e.